The zero-order valence-corrected chi connectivity index (χ0v) is 13.5. The van der Waals surface area contributed by atoms with Gasteiger partial charge in [-0.15, -0.1) is 0 Å². The molecule has 0 spiro atoms. The lowest BCUT2D eigenvalue weighted by Gasteiger charge is -2.29. The fraction of sp³-hybridized carbons (Fsp3) is 0.684. The standard InChI is InChI=1S/C19H31N/c1-4-14-20-19(17-11-7-5-6-8-12-17)18-13-9-10-15(2)16(18)3/h9-10,13,17,19-20H,4-8,11-12,14H2,1-3H3. The summed E-state index contributed by atoms with van der Waals surface area (Å²) in [6, 6.07) is 7.38. The van der Waals surface area contributed by atoms with Gasteiger partial charge in [-0.05, 0) is 62.3 Å². The maximum absolute atomic E-state index is 3.85. The van der Waals surface area contributed by atoms with Gasteiger partial charge in [-0.3, -0.25) is 0 Å². The van der Waals surface area contributed by atoms with Crippen LogP contribution in [0, 0.1) is 19.8 Å². The van der Waals surface area contributed by atoms with Crippen molar-refractivity contribution >= 4 is 0 Å². The van der Waals surface area contributed by atoms with Gasteiger partial charge in [0.2, 0.25) is 0 Å². The van der Waals surface area contributed by atoms with E-state index in [1.807, 2.05) is 0 Å². The molecule has 2 rings (SSSR count). The van der Waals surface area contributed by atoms with E-state index in [9.17, 15) is 0 Å². The van der Waals surface area contributed by atoms with Crippen LogP contribution in [-0.4, -0.2) is 6.54 Å². The van der Waals surface area contributed by atoms with Crippen LogP contribution in [0.4, 0.5) is 0 Å². The first-order valence-corrected chi connectivity index (χ1v) is 8.53. The molecule has 20 heavy (non-hydrogen) atoms. The minimum absolute atomic E-state index is 0.563. The second-order valence-corrected chi connectivity index (χ2v) is 6.47. The molecule has 1 nitrogen and oxygen atoms in total. The van der Waals surface area contributed by atoms with Crippen LogP contribution in [0.2, 0.25) is 0 Å². The van der Waals surface area contributed by atoms with Crippen LogP contribution < -0.4 is 5.32 Å². The minimum atomic E-state index is 0.563. The Hall–Kier alpha value is -0.820. The lowest BCUT2D eigenvalue weighted by atomic mass is 9.84. The van der Waals surface area contributed by atoms with Gasteiger partial charge in [0.15, 0.2) is 0 Å². The van der Waals surface area contributed by atoms with Crippen LogP contribution in [0.5, 0.6) is 0 Å². The summed E-state index contributed by atoms with van der Waals surface area (Å²) in [6.07, 6.45) is 9.71. The molecular weight excluding hydrogens is 242 g/mol. The second-order valence-electron chi connectivity index (χ2n) is 6.47. The van der Waals surface area contributed by atoms with Gasteiger partial charge < -0.3 is 5.32 Å². The van der Waals surface area contributed by atoms with Crippen LogP contribution in [0.1, 0.15) is 74.6 Å². The van der Waals surface area contributed by atoms with Crippen LogP contribution in [0.3, 0.4) is 0 Å². The highest BCUT2D eigenvalue weighted by Gasteiger charge is 2.25. The number of benzene rings is 1. The Bertz CT molecular complexity index is 402. The fourth-order valence-corrected chi connectivity index (χ4v) is 3.59. The van der Waals surface area contributed by atoms with Crippen LogP contribution in [-0.2, 0) is 0 Å². The highest BCUT2D eigenvalue weighted by Crippen LogP contribution is 2.35. The van der Waals surface area contributed by atoms with E-state index in [0.29, 0.717) is 6.04 Å². The molecule has 1 aromatic carbocycles. The molecule has 1 atom stereocenters. The van der Waals surface area contributed by atoms with E-state index in [4.69, 9.17) is 0 Å². The van der Waals surface area contributed by atoms with E-state index in [1.165, 1.54) is 56.1 Å². The molecule has 1 saturated carbocycles. The highest BCUT2D eigenvalue weighted by molar-refractivity contribution is 5.35. The monoisotopic (exact) mass is 273 g/mol. The van der Waals surface area contributed by atoms with E-state index >= 15 is 0 Å². The molecular formula is C19H31N. The summed E-state index contributed by atoms with van der Waals surface area (Å²) in [5.74, 6) is 0.824. The summed E-state index contributed by atoms with van der Waals surface area (Å²) < 4.78 is 0. The summed E-state index contributed by atoms with van der Waals surface area (Å²) >= 11 is 0. The van der Waals surface area contributed by atoms with Crippen molar-refractivity contribution in [2.24, 2.45) is 5.92 Å². The molecule has 1 aliphatic carbocycles. The van der Waals surface area contributed by atoms with Gasteiger partial charge in [0.1, 0.15) is 0 Å². The molecule has 1 N–H and O–H groups in total. The maximum atomic E-state index is 3.85. The number of hydrogen-bond donors (Lipinski definition) is 1. The molecule has 1 aromatic rings. The third-order valence-electron chi connectivity index (χ3n) is 4.97. The molecule has 1 heteroatoms. The Balaban J connectivity index is 2.23. The second kappa shape index (κ2) is 7.83. The molecule has 0 aliphatic heterocycles. The van der Waals surface area contributed by atoms with Gasteiger partial charge in [0, 0.05) is 6.04 Å². The molecule has 0 amide bonds. The molecule has 0 heterocycles. The summed E-state index contributed by atoms with van der Waals surface area (Å²) in [5.41, 5.74) is 4.47. The zero-order valence-electron chi connectivity index (χ0n) is 13.5. The van der Waals surface area contributed by atoms with Crippen molar-refractivity contribution in [1.29, 1.82) is 0 Å². The largest absolute Gasteiger partial charge is 0.310 e. The van der Waals surface area contributed by atoms with Crippen molar-refractivity contribution in [2.45, 2.75) is 71.8 Å². The normalized spacial score (nSPS) is 18.8. The molecule has 1 unspecified atom stereocenters. The van der Waals surface area contributed by atoms with Crippen molar-refractivity contribution in [3.63, 3.8) is 0 Å². The summed E-state index contributed by atoms with van der Waals surface area (Å²) in [5, 5.41) is 3.85. The topological polar surface area (TPSA) is 12.0 Å². The Morgan fingerprint density at radius 1 is 1.10 bits per heavy atom. The van der Waals surface area contributed by atoms with Crippen LogP contribution in [0.25, 0.3) is 0 Å². The lowest BCUT2D eigenvalue weighted by molar-refractivity contribution is 0.325. The molecule has 1 aliphatic rings. The van der Waals surface area contributed by atoms with Gasteiger partial charge >= 0.3 is 0 Å². The van der Waals surface area contributed by atoms with E-state index in [-0.39, 0.29) is 0 Å². The summed E-state index contributed by atoms with van der Waals surface area (Å²) in [7, 11) is 0. The van der Waals surface area contributed by atoms with Crippen molar-refractivity contribution in [2.75, 3.05) is 6.54 Å². The Kier molecular flexibility index (Phi) is 6.09. The maximum Gasteiger partial charge on any atom is 0.0351 e. The van der Waals surface area contributed by atoms with Crippen molar-refractivity contribution in [3.8, 4) is 0 Å². The zero-order chi connectivity index (χ0) is 14.4. The minimum Gasteiger partial charge on any atom is -0.310 e. The van der Waals surface area contributed by atoms with Crippen molar-refractivity contribution < 1.29 is 0 Å². The highest BCUT2D eigenvalue weighted by atomic mass is 14.9. The van der Waals surface area contributed by atoms with E-state index < -0.39 is 0 Å². The van der Waals surface area contributed by atoms with Crippen molar-refractivity contribution in [3.05, 3.63) is 34.9 Å². The number of aryl methyl sites for hydroxylation is 1. The van der Waals surface area contributed by atoms with Gasteiger partial charge in [-0.1, -0.05) is 50.8 Å². The average molecular weight is 273 g/mol. The number of hydrogen-bond acceptors (Lipinski definition) is 1. The van der Waals surface area contributed by atoms with Crippen LogP contribution in [0.15, 0.2) is 18.2 Å². The predicted octanol–water partition coefficient (Wildman–Crippen LogP) is 5.31. The lowest BCUT2D eigenvalue weighted by Crippen LogP contribution is -2.29. The first kappa shape index (κ1) is 15.6. The Morgan fingerprint density at radius 3 is 2.45 bits per heavy atom. The smallest absolute Gasteiger partial charge is 0.0351 e. The van der Waals surface area contributed by atoms with Gasteiger partial charge in [0.25, 0.3) is 0 Å². The molecule has 0 radical (unpaired) electrons. The third kappa shape index (κ3) is 3.85. The summed E-state index contributed by atoms with van der Waals surface area (Å²) in [6.45, 7) is 7.93. The first-order valence-electron chi connectivity index (χ1n) is 8.53. The molecule has 0 bridgehead atoms. The van der Waals surface area contributed by atoms with Gasteiger partial charge in [0.05, 0.1) is 0 Å². The average Bonchev–Trinajstić information content (AvgIpc) is 2.73. The number of nitrogens with one attached hydrogen (secondary N) is 1. The van der Waals surface area contributed by atoms with E-state index in [0.717, 1.165) is 12.5 Å². The van der Waals surface area contributed by atoms with Gasteiger partial charge in [-0.2, -0.15) is 0 Å². The predicted molar refractivity (Wildman–Crippen MR) is 88.1 cm³/mol. The first-order chi connectivity index (χ1) is 9.74. The fourth-order valence-electron chi connectivity index (χ4n) is 3.59. The Morgan fingerprint density at radius 2 is 1.80 bits per heavy atom. The SMILES string of the molecule is CCCNC(c1cccc(C)c1C)C1CCCCCC1. The van der Waals surface area contributed by atoms with E-state index in [1.54, 1.807) is 5.56 Å². The number of rotatable bonds is 5. The van der Waals surface area contributed by atoms with Crippen LogP contribution >= 0.6 is 0 Å². The Labute approximate surface area is 125 Å². The molecule has 1 fully saturated rings. The molecule has 0 saturated heterocycles. The molecule has 0 aromatic heterocycles. The van der Waals surface area contributed by atoms with E-state index in [2.05, 4.69) is 44.3 Å². The third-order valence-corrected chi connectivity index (χ3v) is 4.97. The summed E-state index contributed by atoms with van der Waals surface area (Å²) in [4.78, 5) is 0. The van der Waals surface area contributed by atoms with Crippen molar-refractivity contribution in [1.82, 2.24) is 5.32 Å². The van der Waals surface area contributed by atoms with Gasteiger partial charge in [-0.25, -0.2) is 0 Å². The quantitative estimate of drug-likeness (QED) is 0.716. The molecule has 112 valence electrons.